The Morgan fingerprint density at radius 1 is 1.38 bits per heavy atom. The van der Waals surface area contributed by atoms with Crippen molar-refractivity contribution in [2.75, 3.05) is 26.7 Å². The van der Waals surface area contributed by atoms with Crippen LogP contribution in [0, 0.1) is 0 Å². The molecule has 1 heterocycles. The lowest BCUT2D eigenvalue weighted by Gasteiger charge is -2.16. The van der Waals surface area contributed by atoms with E-state index in [1.54, 1.807) is 0 Å². The Labute approximate surface area is 112 Å². The molecule has 0 radical (unpaired) electrons. The van der Waals surface area contributed by atoms with Crippen LogP contribution in [0.2, 0.25) is 8.67 Å². The second kappa shape index (κ2) is 7.51. The third-order valence-corrected chi connectivity index (χ3v) is 3.83. The molecule has 0 fully saturated rings. The second-order valence-electron chi connectivity index (χ2n) is 3.84. The van der Waals surface area contributed by atoms with Gasteiger partial charge in [0.2, 0.25) is 0 Å². The number of hydrogen-bond donors (Lipinski definition) is 1. The van der Waals surface area contributed by atoms with E-state index in [1.807, 2.05) is 6.07 Å². The smallest absolute Gasteiger partial charge is 0.0989 e. The summed E-state index contributed by atoms with van der Waals surface area (Å²) in [6.07, 6.45) is 1.18. The van der Waals surface area contributed by atoms with Crippen LogP contribution in [0.3, 0.4) is 0 Å². The largest absolute Gasteiger partial charge is 0.315 e. The highest BCUT2D eigenvalue weighted by Crippen LogP contribution is 2.31. The van der Waals surface area contributed by atoms with Crippen molar-refractivity contribution in [3.8, 4) is 0 Å². The van der Waals surface area contributed by atoms with Crippen molar-refractivity contribution in [2.45, 2.75) is 19.9 Å². The highest BCUT2D eigenvalue weighted by Gasteiger charge is 2.08. The molecule has 0 aliphatic rings. The Balaban J connectivity index is 2.28. The summed E-state index contributed by atoms with van der Waals surface area (Å²) in [6.45, 7) is 6.14. The normalized spacial score (nSPS) is 11.3. The van der Waals surface area contributed by atoms with Crippen molar-refractivity contribution in [1.29, 1.82) is 0 Å². The number of nitrogens with zero attached hydrogens (tertiary/aromatic N) is 1. The van der Waals surface area contributed by atoms with Crippen LogP contribution in [0.1, 0.15) is 18.9 Å². The van der Waals surface area contributed by atoms with Gasteiger partial charge >= 0.3 is 0 Å². The van der Waals surface area contributed by atoms with E-state index < -0.39 is 0 Å². The van der Waals surface area contributed by atoms with Crippen LogP contribution in [-0.2, 0) is 6.54 Å². The van der Waals surface area contributed by atoms with Crippen molar-refractivity contribution in [2.24, 2.45) is 0 Å². The zero-order valence-corrected chi connectivity index (χ0v) is 12.1. The van der Waals surface area contributed by atoms with Crippen molar-refractivity contribution < 1.29 is 0 Å². The maximum absolute atomic E-state index is 6.06. The topological polar surface area (TPSA) is 15.3 Å². The molecule has 0 unspecified atom stereocenters. The minimum atomic E-state index is 0.762. The van der Waals surface area contributed by atoms with E-state index in [4.69, 9.17) is 23.2 Å². The van der Waals surface area contributed by atoms with Gasteiger partial charge in [-0.25, -0.2) is 0 Å². The summed E-state index contributed by atoms with van der Waals surface area (Å²) in [7, 11) is 2.09. The van der Waals surface area contributed by atoms with Gasteiger partial charge in [-0.3, -0.25) is 0 Å². The molecule has 0 aliphatic carbocycles. The van der Waals surface area contributed by atoms with Crippen LogP contribution in [0.25, 0.3) is 0 Å². The second-order valence-corrected chi connectivity index (χ2v) is 6.12. The predicted molar refractivity (Wildman–Crippen MR) is 73.8 cm³/mol. The summed E-state index contributed by atoms with van der Waals surface area (Å²) < 4.78 is 1.57. The Morgan fingerprint density at radius 3 is 2.69 bits per heavy atom. The van der Waals surface area contributed by atoms with Gasteiger partial charge in [0, 0.05) is 19.6 Å². The monoisotopic (exact) mass is 280 g/mol. The molecule has 0 aromatic carbocycles. The molecule has 0 atom stereocenters. The molecular formula is C11H18Cl2N2S. The molecule has 1 aromatic rings. The van der Waals surface area contributed by atoms with Crippen molar-refractivity contribution in [1.82, 2.24) is 10.2 Å². The minimum Gasteiger partial charge on any atom is -0.315 e. The van der Waals surface area contributed by atoms with Crippen LogP contribution >= 0.6 is 34.5 Å². The average molecular weight is 281 g/mol. The van der Waals surface area contributed by atoms with E-state index in [-0.39, 0.29) is 0 Å². The molecule has 0 spiro atoms. The van der Waals surface area contributed by atoms with Crippen LogP contribution < -0.4 is 5.32 Å². The molecule has 1 aromatic heterocycles. The van der Waals surface area contributed by atoms with Gasteiger partial charge in [0.15, 0.2) is 0 Å². The quantitative estimate of drug-likeness (QED) is 0.770. The van der Waals surface area contributed by atoms with Gasteiger partial charge < -0.3 is 10.2 Å². The molecule has 0 aliphatic heterocycles. The maximum atomic E-state index is 6.06. The van der Waals surface area contributed by atoms with Gasteiger partial charge in [0.25, 0.3) is 0 Å². The first-order valence-corrected chi connectivity index (χ1v) is 7.03. The Hall–Kier alpha value is 0.200. The number of likely N-dealkylation sites (N-methyl/N-ethyl adjacent to an activating group) is 1. The van der Waals surface area contributed by atoms with Gasteiger partial charge in [-0.1, -0.05) is 30.1 Å². The molecule has 0 saturated carbocycles. The first-order valence-electron chi connectivity index (χ1n) is 5.46. The average Bonchev–Trinajstić information content (AvgIpc) is 2.52. The summed E-state index contributed by atoms with van der Waals surface area (Å²) in [4.78, 5) is 2.24. The van der Waals surface area contributed by atoms with E-state index in [2.05, 4.69) is 24.2 Å². The molecule has 5 heteroatoms. The molecular weight excluding hydrogens is 263 g/mol. The van der Waals surface area contributed by atoms with E-state index >= 15 is 0 Å². The minimum absolute atomic E-state index is 0.762. The van der Waals surface area contributed by atoms with E-state index in [1.165, 1.54) is 17.8 Å². The summed E-state index contributed by atoms with van der Waals surface area (Å²) in [5.74, 6) is 0. The molecule has 0 saturated heterocycles. The fourth-order valence-electron chi connectivity index (χ4n) is 1.42. The van der Waals surface area contributed by atoms with Crippen LogP contribution in [0.15, 0.2) is 6.07 Å². The number of rotatable bonds is 7. The van der Waals surface area contributed by atoms with Gasteiger partial charge in [0.05, 0.1) is 8.67 Å². The van der Waals surface area contributed by atoms with Crippen LogP contribution in [0.4, 0.5) is 0 Å². The molecule has 92 valence electrons. The summed E-state index contributed by atoms with van der Waals surface area (Å²) >= 11 is 13.4. The highest BCUT2D eigenvalue weighted by molar-refractivity contribution is 7.20. The Morgan fingerprint density at radius 2 is 2.12 bits per heavy atom. The van der Waals surface area contributed by atoms with Crippen molar-refractivity contribution >= 4 is 34.5 Å². The van der Waals surface area contributed by atoms with E-state index in [9.17, 15) is 0 Å². The number of thiophene rings is 1. The zero-order chi connectivity index (χ0) is 12.0. The summed E-state index contributed by atoms with van der Waals surface area (Å²) in [6, 6.07) is 1.95. The fraction of sp³-hybridized carbons (Fsp3) is 0.636. The summed E-state index contributed by atoms with van der Waals surface area (Å²) in [5.41, 5.74) is 1.12. The zero-order valence-electron chi connectivity index (χ0n) is 9.72. The maximum Gasteiger partial charge on any atom is 0.0989 e. The fourth-order valence-corrected chi connectivity index (χ4v) is 2.90. The lowest BCUT2D eigenvalue weighted by molar-refractivity contribution is 0.325. The number of halogens is 2. The van der Waals surface area contributed by atoms with Gasteiger partial charge in [-0.2, -0.15) is 0 Å². The highest BCUT2D eigenvalue weighted by atomic mass is 35.5. The summed E-state index contributed by atoms with van der Waals surface area (Å²) in [5, 5.41) is 3.37. The third-order valence-electron chi connectivity index (χ3n) is 2.26. The standard InChI is InChI=1S/C11H18Cl2N2S/c1-3-4-14-5-6-15(2)8-9-7-10(12)16-11(9)13/h7,14H,3-6,8H2,1-2H3. The third kappa shape index (κ3) is 5.02. The Kier molecular flexibility index (Phi) is 6.70. The van der Waals surface area contributed by atoms with Gasteiger partial charge in [-0.05, 0) is 31.6 Å². The molecule has 2 nitrogen and oxygen atoms in total. The number of nitrogens with one attached hydrogen (secondary N) is 1. The number of hydrogen-bond acceptors (Lipinski definition) is 3. The predicted octanol–water partition coefficient (Wildman–Crippen LogP) is 3.49. The van der Waals surface area contributed by atoms with Gasteiger partial charge in [0.1, 0.15) is 0 Å². The van der Waals surface area contributed by atoms with Crippen LogP contribution in [-0.4, -0.2) is 31.6 Å². The SMILES string of the molecule is CCCNCCN(C)Cc1cc(Cl)sc1Cl. The Bertz CT molecular complexity index is 315. The lowest BCUT2D eigenvalue weighted by atomic mass is 10.3. The molecule has 16 heavy (non-hydrogen) atoms. The first-order chi connectivity index (χ1) is 7.63. The van der Waals surface area contributed by atoms with Gasteiger partial charge in [-0.15, -0.1) is 11.3 Å². The van der Waals surface area contributed by atoms with Crippen molar-refractivity contribution in [3.63, 3.8) is 0 Å². The lowest BCUT2D eigenvalue weighted by Crippen LogP contribution is -2.29. The molecule has 0 amide bonds. The molecule has 1 N–H and O–H groups in total. The van der Waals surface area contributed by atoms with Crippen LogP contribution in [0.5, 0.6) is 0 Å². The molecule has 0 bridgehead atoms. The van der Waals surface area contributed by atoms with Crippen molar-refractivity contribution in [3.05, 3.63) is 20.3 Å². The molecule has 1 rings (SSSR count). The van der Waals surface area contributed by atoms with E-state index in [0.717, 1.165) is 40.4 Å². The first kappa shape index (κ1) is 14.3. The van der Waals surface area contributed by atoms with E-state index in [0.29, 0.717) is 0 Å².